The fourth-order valence-corrected chi connectivity index (χ4v) is 2.89. The van der Waals surface area contributed by atoms with Crippen molar-refractivity contribution in [3.8, 4) is 5.75 Å². The van der Waals surface area contributed by atoms with Gasteiger partial charge in [-0.05, 0) is 56.7 Å². The van der Waals surface area contributed by atoms with Crippen LogP contribution in [0.5, 0.6) is 5.75 Å². The van der Waals surface area contributed by atoms with E-state index in [1.54, 1.807) is 12.1 Å². The first-order valence-electron chi connectivity index (χ1n) is 9.19. The first kappa shape index (κ1) is 18.9. The molecule has 0 aliphatic heterocycles. The summed E-state index contributed by atoms with van der Waals surface area (Å²) in [7, 11) is 0. The third-order valence-corrected chi connectivity index (χ3v) is 4.21. The lowest BCUT2D eigenvalue weighted by molar-refractivity contribution is 0.104. The number of ether oxygens (including phenoxy) is 1. The number of hydrogen-bond donors (Lipinski definition) is 2. The van der Waals surface area contributed by atoms with Crippen molar-refractivity contribution in [2.75, 3.05) is 13.2 Å². The molecule has 0 saturated carbocycles. The fourth-order valence-electron chi connectivity index (χ4n) is 2.89. The van der Waals surface area contributed by atoms with Crippen LogP contribution in [0.15, 0.2) is 60.8 Å². The number of rotatable bonds is 7. The van der Waals surface area contributed by atoms with E-state index >= 15 is 0 Å². The number of aromatic nitrogens is 1. The molecule has 0 saturated heterocycles. The lowest BCUT2D eigenvalue weighted by Crippen LogP contribution is -2.38. The van der Waals surface area contributed by atoms with Gasteiger partial charge in [0.1, 0.15) is 12.4 Å². The summed E-state index contributed by atoms with van der Waals surface area (Å²) in [5, 5.41) is 4.47. The Bertz CT molecular complexity index is 948. The van der Waals surface area contributed by atoms with Crippen molar-refractivity contribution in [1.82, 2.24) is 10.3 Å². The smallest absolute Gasteiger partial charge is 0.189 e. The van der Waals surface area contributed by atoms with Gasteiger partial charge in [0.15, 0.2) is 5.78 Å². The van der Waals surface area contributed by atoms with Crippen LogP contribution in [0.4, 0.5) is 0 Å². The maximum atomic E-state index is 12.7. The number of nitrogens with one attached hydrogen (secondary N) is 2. The van der Waals surface area contributed by atoms with E-state index in [0.29, 0.717) is 17.9 Å². The molecule has 2 N–H and O–H groups in total. The number of carbonyl (C=O) groups excluding carboxylic acids is 1. The molecule has 3 rings (SSSR count). The van der Waals surface area contributed by atoms with Gasteiger partial charge in [0.25, 0.3) is 0 Å². The Morgan fingerprint density at radius 3 is 2.74 bits per heavy atom. The predicted octanol–water partition coefficient (Wildman–Crippen LogP) is 4.83. The van der Waals surface area contributed by atoms with Crippen molar-refractivity contribution in [3.05, 3.63) is 71.9 Å². The van der Waals surface area contributed by atoms with E-state index in [1.165, 1.54) is 0 Å². The summed E-state index contributed by atoms with van der Waals surface area (Å²) in [4.78, 5) is 15.9. The lowest BCUT2D eigenvalue weighted by Gasteiger charge is -2.20. The predicted molar refractivity (Wildman–Crippen MR) is 111 cm³/mol. The van der Waals surface area contributed by atoms with Gasteiger partial charge in [-0.25, -0.2) is 0 Å². The Morgan fingerprint density at radius 2 is 1.93 bits per heavy atom. The normalized spacial score (nSPS) is 12.0. The van der Waals surface area contributed by atoms with Gasteiger partial charge in [0, 0.05) is 29.2 Å². The molecule has 3 aromatic rings. The van der Waals surface area contributed by atoms with Crippen LogP contribution in [0.1, 0.15) is 36.7 Å². The highest BCUT2D eigenvalue weighted by Crippen LogP contribution is 2.21. The Kier molecular flexibility index (Phi) is 5.77. The molecule has 4 heteroatoms. The van der Waals surface area contributed by atoms with Crippen LogP contribution in [0.2, 0.25) is 0 Å². The summed E-state index contributed by atoms with van der Waals surface area (Å²) in [5.74, 6) is 0.546. The van der Waals surface area contributed by atoms with E-state index < -0.39 is 0 Å². The van der Waals surface area contributed by atoms with E-state index in [1.807, 2.05) is 54.7 Å². The lowest BCUT2D eigenvalue weighted by atomic mass is 10.1. The summed E-state index contributed by atoms with van der Waals surface area (Å²) >= 11 is 0. The summed E-state index contributed by atoms with van der Waals surface area (Å²) in [6.07, 6.45) is 5.37. The van der Waals surface area contributed by atoms with Crippen molar-refractivity contribution >= 4 is 22.8 Å². The number of allylic oxidation sites excluding steroid dienone is 1. The first-order chi connectivity index (χ1) is 12.9. The molecule has 0 atom stereocenters. The first-order valence-corrected chi connectivity index (χ1v) is 9.19. The van der Waals surface area contributed by atoms with Crippen molar-refractivity contribution < 1.29 is 9.53 Å². The molecule has 0 fully saturated rings. The van der Waals surface area contributed by atoms with Gasteiger partial charge >= 0.3 is 0 Å². The number of aromatic amines is 1. The quantitative estimate of drug-likeness (QED) is 0.359. The van der Waals surface area contributed by atoms with Gasteiger partial charge in [0.2, 0.25) is 0 Å². The molecule has 0 radical (unpaired) electrons. The third kappa shape index (κ3) is 5.08. The summed E-state index contributed by atoms with van der Waals surface area (Å²) < 4.78 is 5.84. The Morgan fingerprint density at radius 1 is 1.11 bits per heavy atom. The minimum atomic E-state index is -0.0677. The fraction of sp³-hybridized carbons (Fsp3) is 0.261. The molecule has 1 heterocycles. The highest BCUT2D eigenvalue weighted by molar-refractivity contribution is 6.09. The number of H-pyrrole nitrogens is 1. The van der Waals surface area contributed by atoms with E-state index in [4.69, 9.17) is 4.74 Å². The second-order valence-electron chi connectivity index (χ2n) is 7.51. The molecule has 1 aromatic heterocycles. The van der Waals surface area contributed by atoms with Crippen LogP contribution >= 0.6 is 0 Å². The highest BCUT2D eigenvalue weighted by Gasteiger charge is 2.11. The van der Waals surface area contributed by atoms with E-state index in [-0.39, 0.29) is 11.3 Å². The molecular weight excluding hydrogens is 336 g/mol. The maximum Gasteiger partial charge on any atom is 0.189 e. The molecule has 2 aromatic carbocycles. The molecule has 0 aliphatic rings. The number of carbonyl (C=O) groups is 1. The zero-order valence-corrected chi connectivity index (χ0v) is 16.1. The van der Waals surface area contributed by atoms with Crippen molar-refractivity contribution in [2.45, 2.75) is 26.3 Å². The van der Waals surface area contributed by atoms with E-state index in [2.05, 4.69) is 31.1 Å². The molecule has 4 nitrogen and oxygen atoms in total. The van der Waals surface area contributed by atoms with Gasteiger partial charge in [-0.15, -0.1) is 0 Å². The Balaban J connectivity index is 1.70. The second kappa shape index (κ2) is 8.23. The Hall–Kier alpha value is -2.85. The minimum absolute atomic E-state index is 0.0423. The average Bonchev–Trinajstić information content (AvgIpc) is 3.12. The highest BCUT2D eigenvalue weighted by atomic mass is 16.5. The number of fused-ring (bicyclic) bond motifs is 1. The minimum Gasteiger partial charge on any atom is -0.491 e. The second-order valence-corrected chi connectivity index (χ2v) is 7.51. The van der Waals surface area contributed by atoms with Crippen LogP contribution < -0.4 is 10.1 Å². The van der Waals surface area contributed by atoms with E-state index in [9.17, 15) is 4.79 Å². The number of benzene rings is 2. The number of hydrogen-bond acceptors (Lipinski definition) is 3. The molecule has 0 bridgehead atoms. The maximum absolute atomic E-state index is 12.7. The summed E-state index contributed by atoms with van der Waals surface area (Å²) in [6.45, 7) is 7.56. The van der Waals surface area contributed by atoms with Gasteiger partial charge in [-0.1, -0.05) is 30.3 Å². The monoisotopic (exact) mass is 362 g/mol. The van der Waals surface area contributed by atoms with Crippen molar-refractivity contribution in [3.63, 3.8) is 0 Å². The molecule has 0 unspecified atom stereocenters. The molecular formula is C23H26N2O2. The van der Waals surface area contributed by atoms with Gasteiger partial charge in [-0.2, -0.15) is 0 Å². The number of ketones is 1. The van der Waals surface area contributed by atoms with E-state index in [0.717, 1.165) is 23.0 Å². The van der Waals surface area contributed by atoms with Crippen LogP contribution in [-0.2, 0) is 0 Å². The Labute approximate surface area is 160 Å². The van der Waals surface area contributed by atoms with Crippen LogP contribution in [0, 0.1) is 0 Å². The van der Waals surface area contributed by atoms with Crippen molar-refractivity contribution in [2.24, 2.45) is 0 Å². The van der Waals surface area contributed by atoms with Gasteiger partial charge in [-0.3, -0.25) is 4.79 Å². The SMILES string of the molecule is CC(C)(C)NCCOc1ccccc1C(=O)/C=C/c1cccc2[nH]ccc12. The largest absolute Gasteiger partial charge is 0.491 e. The summed E-state index contributed by atoms with van der Waals surface area (Å²) in [6, 6.07) is 15.4. The molecule has 0 aliphatic carbocycles. The molecule has 27 heavy (non-hydrogen) atoms. The topological polar surface area (TPSA) is 54.1 Å². The van der Waals surface area contributed by atoms with Crippen molar-refractivity contribution in [1.29, 1.82) is 0 Å². The zero-order chi connectivity index (χ0) is 19.3. The summed E-state index contributed by atoms with van der Waals surface area (Å²) in [5.41, 5.74) is 2.68. The van der Waals surface area contributed by atoms with Crippen LogP contribution in [-0.4, -0.2) is 29.5 Å². The van der Waals surface area contributed by atoms with Gasteiger partial charge in [0.05, 0.1) is 5.56 Å². The van der Waals surface area contributed by atoms with Gasteiger partial charge < -0.3 is 15.0 Å². The average molecular weight is 362 g/mol. The molecule has 0 spiro atoms. The van der Waals surface area contributed by atoms with Crippen LogP contribution in [0.3, 0.4) is 0 Å². The van der Waals surface area contributed by atoms with Crippen LogP contribution in [0.25, 0.3) is 17.0 Å². The third-order valence-electron chi connectivity index (χ3n) is 4.21. The standard InChI is InChI=1S/C23H26N2O2/c1-23(2,3)25-15-16-27-22-10-5-4-8-19(22)21(26)12-11-17-7-6-9-20-18(17)13-14-24-20/h4-14,24-25H,15-16H2,1-3H3/b12-11+. The number of para-hydroxylation sites is 1. The molecule has 140 valence electrons. The molecule has 0 amide bonds. The zero-order valence-electron chi connectivity index (χ0n) is 16.1.